The molecule has 0 spiro atoms. The molecular formula is C24H17ClN2O2S. The SMILES string of the molecule is O=C(C=Cc1ccc(-c2ccc(Cl)cc2)o1)NC(=S)Nc1ccc2ccccc2c1. The molecule has 0 fully saturated rings. The van der Waals surface area contributed by atoms with Gasteiger partial charge in [-0.15, -0.1) is 0 Å². The minimum absolute atomic E-state index is 0.223. The van der Waals surface area contributed by atoms with Crippen molar-refractivity contribution >= 4 is 57.4 Å². The predicted molar refractivity (Wildman–Crippen MR) is 126 cm³/mol. The number of furan rings is 1. The van der Waals surface area contributed by atoms with Crippen molar-refractivity contribution in [1.82, 2.24) is 5.32 Å². The highest BCUT2D eigenvalue weighted by Crippen LogP contribution is 2.24. The van der Waals surface area contributed by atoms with Crippen LogP contribution in [0.2, 0.25) is 5.02 Å². The third-order valence-corrected chi connectivity index (χ3v) is 4.85. The molecule has 30 heavy (non-hydrogen) atoms. The van der Waals surface area contributed by atoms with Crippen molar-refractivity contribution in [3.8, 4) is 11.3 Å². The van der Waals surface area contributed by atoms with Crippen molar-refractivity contribution in [3.05, 3.63) is 95.7 Å². The van der Waals surface area contributed by atoms with Crippen molar-refractivity contribution in [2.45, 2.75) is 0 Å². The quantitative estimate of drug-likeness (QED) is 0.294. The maximum absolute atomic E-state index is 12.2. The van der Waals surface area contributed by atoms with Crippen LogP contribution in [0.3, 0.4) is 0 Å². The lowest BCUT2D eigenvalue weighted by Crippen LogP contribution is -2.32. The predicted octanol–water partition coefficient (Wildman–Crippen LogP) is 6.28. The molecule has 0 saturated carbocycles. The number of nitrogens with one attached hydrogen (secondary N) is 2. The minimum Gasteiger partial charge on any atom is -0.457 e. The van der Waals surface area contributed by atoms with Crippen molar-refractivity contribution < 1.29 is 9.21 Å². The van der Waals surface area contributed by atoms with E-state index in [-0.39, 0.29) is 11.0 Å². The summed E-state index contributed by atoms with van der Waals surface area (Å²) in [6.07, 6.45) is 2.96. The van der Waals surface area contributed by atoms with Crippen LogP contribution in [0.4, 0.5) is 5.69 Å². The summed E-state index contributed by atoms with van der Waals surface area (Å²) in [4.78, 5) is 12.2. The molecule has 3 aromatic carbocycles. The molecule has 0 bridgehead atoms. The van der Waals surface area contributed by atoms with Crippen LogP contribution in [0.15, 0.2) is 89.4 Å². The number of hydrogen-bond acceptors (Lipinski definition) is 3. The molecule has 0 aliphatic heterocycles. The number of carbonyl (C=O) groups is 1. The summed E-state index contributed by atoms with van der Waals surface area (Å²) in [5.41, 5.74) is 1.71. The monoisotopic (exact) mass is 432 g/mol. The van der Waals surface area contributed by atoms with E-state index in [0.29, 0.717) is 16.5 Å². The standard InChI is InChI=1S/C24H17ClN2O2S/c25-19-8-5-17(6-9-19)22-13-11-21(29-22)12-14-23(28)27-24(30)26-20-10-7-16-3-1-2-4-18(16)15-20/h1-15H,(H2,26,27,28,30). The Labute approximate surface area is 184 Å². The number of thiocarbonyl (C=S) groups is 1. The summed E-state index contributed by atoms with van der Waals surface area (Å²) in [5.74, 6) is 0.904. The average Bonchev–Trinajstić information content (AvgIpc) is 3.22. The molecule has 0 saturated heterocycles. The van der Waals surface area contributed by atoms with E-state index in [9.17, 15) is 4.79 Å². The second-order valence-corrected chi connectivity index (χ2v) is 7.39. The van der Waals surface area contributed by atoms with E-state index in [2.05, 4.69) is 10.6 Å². The number of hydrogen-bond donors (Lipinski definition) is 2. The fraction of sp³-hybridized carbons (Fsp3) is 0. The summed E-state index contributed by atoms with van der Waals surface area (Å²) in [5, 5.41) is 8.77. The fourth-order valence-corrected chi connectivity index (χ4v) is 3.30. The van der Waals surface area contributed by atoms with Crippen molar-refractivity contribution in [2.75, 3.05) is 5.32 Å². The van der Waals surface area contributed by atoms with E-state index in [0.717, 1.165) is 22.0 Å². The molecule has 0 aliphatic carbocycles. The van der Waals surface area contributed by atoms with Gasteiger partial charge in [0.05, 0.1) is 0 Å². The summed E-state index contributed by atoms with van der Waals surface area (Å²) in [6.45, 7) is 0. The Hall–Kier alpha value is -3.41. The van der Waals surface area contributed by atoms with Crippen LogP contribution in [-0.2, 0) is 4.79 Å². The Balaban J connectivity index is 1.35. The van der Waals surface area contributed by atoms with Gasteiger partial charge in [-0.1, -0.05) is 41.9 Å². The normalized spacial score (nSPS) is 11.0. The van der Waals surface area contributed by atoms with Gasteiger partial charge in [-0.25, -0.2) is 0 Å². The molecule has 0 radical (unpaired) electrons. The second kappa shape index (κ2) is 8.95. The molecule has 0 unspecified atom stereocenters. The lowest BCUT2D eigenvalue weighted by atomic mass is 10.1. The van der Waals surface area contributed by atoms with Gasteiger partial charge < -0.3 is 9.73 Å². The summed E-state index contributed by atoms with van der Waals surface area (Å²) in [6, 6.07) is 24.9. The van der Waals surface area contributed by atoms with E-state index in [1.54, 1.807) is 24.3 Å². The van der Waals surface area contributed by atoms with Crippen molar-refractivity contribution in [2.24, 2.45) is 0 Å². The van der Waals surface area contributed by atoms with Gasteiger partial charge in [0.2, 0.25) is 5.91 Å². The van der Waals surface area contributed by atoms with Gasteiger partial charge in [0.1, 0.15) is 11.5 Å². The first kappa shape index (κ1) is 19.9. The first-order valence-electron chi connectivity index (χ1n) is 9.21. The highest BCUT2D eigenvalue weighted by atomic mass is 35.5. The molecule has 0 atom stereocenters. The largest absolute Gasteiger partial charge is 0.457 e. The zero-order valence-corrected chi connectivity index (χ0v) is 17.3. The minimum atomic E-state index is -0.349. The van der Waals surface area contributed by atoms with E-state index in [4.69, 9.17) is 28.2 Å². The number of fused-ring (bicyclic) bond motifs is 1. The second-order valence-electron chi connectivity index (χ2n) is 6.55. The first-order chi connectivity index (χ1) is 14.6. The molecular weight excluding hydrogens is 416 g/mol. The average molecular weight is 433 g/mol. The number of rotatable bonds is 4. The van der Waals surface area contributed by atoms with E-state index >= 15 is 0 Å². The van der Waals surface area contributed by atoms with Crippen LogP contribution in [0, 0.1) is 0 Å². The van der Waals surface area contributed by atoms with Crippen molar-refractivity contribution in [3.63, 3.8) is 0 Å². The van der Waals surface area contributed by atoms with Crippen LogP contribution < -0.4 is 10.6 Å². The molecule has 1 heterocycles. The number of benzene rings is 3. The van der Waals surface area contributed by atoms with E-state index < -0.39 is 0 Å². The number of amides is 1. The Morgan fingerprint density at radius 3 is 2.50 bits per heavy atom. The van der Waals surface area contributed by atoms with E-state index in [1.807, 2.05) is 60.7 Å². The molecule has 4 rings (SSSR count). The van der Waals surface area contributed by atoms with Crippen LogP contribution in [0.25, 0.3) is 28.2 Å². The summed E-state index contributed by atoms with van der Waals surface area (Å²) < 4.78 is 5.74. The topological polar surface area (TPSA) is 54.3 Å². The Morgan fingerprint density at radius 1 is 0.933 bits per heavy atom. The molecule has 148 valence electrons. The highest BCUT2D eigenvalue weighted by molar-refractivity contribution is 7.80. The van der Waals surface area contributed by atoms with Gasteiger partial charge in [-0.3, -0.25) is 10.1 Å². The molecule has 0 aliphatic rings. The van der Waals surface area contributed by atoms with Gasteiger partial charge >= 0.3 is 0 Å². The molecule has 1 aromatic heterocycles. The third-order valence-electron chi connectivity index (χ3n) is 4.40. The Bertz CT molecular complexity index is 1250. The third kappa shape index (κ3) is 4.95. The van der Waals surface area contributed by atoms with Crippen molar-refractivity contribution in [1.29, 1.82) is 0 Å². The molecule has 4 aromatic rings. The fourth-order valence-electron chi connectivity index (χ4n) is 2.95. The van der Waals surface area contributed by atoms with Gasteiger partial charge in [-0.2, -0.15) is 0 Å². The molecule has 2 N–H and O–H groups in total. The molecule has 1 amide bonds. The van der Waals surface area contributed by atoms with Gasteiger partial charge in [-0.05, 0) is 77.6 Å². The van der Waals surface area contributed by atoms with Crippen LogP contribution in [-0.4, -0.2) is 11.0 Å². The molecule has 4 nitrogen and oxygen atoms in total. The van der Waals surface area contributed by atoms with Gasteiger partial charge in [0.25, 0.3) is 0 Å². The Kier molecular flexibility index (Phi) is 5.93. The van der Waals surface area contributed by atoms with Crippen LogP contribution in [0.1, 0.15) is 5.76 Å². The molecule has 6 heteroatoms. The smallest absolute Gasteiger partial charge is 0.250 e. The zero-order chi connectivity index (χ0) is 20.9. The van der Waals surface area contributed by atoms with Crippen LogP contribution >= 0.6 is 23.8 Å². The van der Waals surface area contributed by atoms with Gasteiger partial charge in [0.15, 0.2) is 5.11 Å². The zero-order valence-electron chi connectivity index (χ0n) is 15.8. The summed E-state index contributed by atoms with van der Waals surface area (Å²) >= 11 is 11.1. The number of halogens is 1. The number of carbonyl (C=O) groups excluding carboxylic acids is 1. The number of anilines is 1. The Morgan fingerprint density at radius 2 is 1.70 bits per heavy atom. The van der Waals surface area contributed by atoms with E-state index in [1.165, 1.54) is 6.08 Å². The van der Waals surface area contributed by atoms with Gasteiger partial charge in [0, 0.05) is 22.3 Å². The lowest BCUT2D eigenvalue weighted by Gasteiger charge is -2.09. The first-order valence-corrected chi connectivity index (χ1v) is 10.00. The maximum Gasteiger partial charge on any atom is 0.250 e. The highest BCUT2D eigenvalue weighted by Gasteiger charge is 2.05. The lowest BCUT2D eigenvalue weighted by molar-refractivity contribution is -0.115. The maximum atomic E-state index is 12.2. The summed E-state index contributed by atoms with van der Waals surface area (Å²) in [7, 11) is 0. The van der Waals surface area contributed by atoms with Crippen LogP contribution in [0.5, 0.6) is 0 Å².